The SMILES string of the molecule is Cl.FC(F)(F)c1ccc2c(c1)C(c1ccc(Cl)cc1)NCCO2. The van der Waals surface area contributed by atoms with Gasteiger partial charge in [-0.25, -0.2) is 0 Å². The van der Waals surface area contributed by atoms with Crippen molar-refractivity contribution < 1.29 is 17.9 Å². The molecule has 0 radical (unpaired) electrons. The van der Waals surface area contributed by atoms with Crippen LogP contribution >= 0.6 is 24.0 Å². The molecular weight excluding hydrogens is 350 g/mol. The Balaban J connectivity index is 0.00000192. The normalized spacial score (nSPS) is 17.5. The molecule has 0 spiro atoms. The van der Waals surface area contributed by atoms with Crippen LogP contribution in [0.4, 0.5) is 13.2 Å². The number of halogens is 5. The van der Waals surface area contributed by atoms with Crippen LogP contribution in [-0.2, 0) is 6.18 Å². The molecule has 0 saturated carbocycles. The molecule has 7 heteroatoms. The van der Waals surface area contributed by atoms with Crippen LogP contribution in [0, 0.1) is 0 Å². The Morgan fingerprint density at radius 3 is 2.43 bits per heavy atom. The number of hydrogen-bond acceptors (Lipinski definition) is 2. The number of ether oxygens (including phenoxy) is 1. The smallest absolute Gasteiger partial charge is 0.416 e. The highest BCUT2D eigenvalue weighted by Crippen LogP contribution is 2.37. The monoisotopic (exact) mass is 363 g/mol. The first-order chi connectivity index (χ1) is 10.4. The number of hydrogen-bond donors (Lipinski definition) is 1. The van der Waals surface area contributed by atoms with Gasteiger partial charge in [0.15, 0.2) is 0 Å². The molecule has 1 N–H and O–H groups in total. The third kappa shape index (κ3) is 3.91. The molecule has 0 fully saturated rings. The van der Waals surface area contributed by atoms with E-state index >= 15 is 0 Å². The summed E-state index contributed by atoms with van der Waals surface area (Å²) in [6, 6.07) is 10.3. The molecule has 1 aliphatic heterocycles. The Bertz CT molecular complexity index is 674. The van der Waals surface area contributed by atoms with Crippen molar-refractivity contribution in [3.63, 3.8) is 0 Å². The second kappa shape index (κ2) is 6.99. The van der Waals surface area contributed by atoms with Gasteiger partial charge >= 0.3 is 6.18 Å². The van der Waals surface area contributed by atoms with E-state index in [9.17, 15) is 13.2 Å². The summed E-state index contributed by atoms with van der Waals surface area (Å²) in [6.45, 7) is 0.950. The van der Waals surface area contributed by atoms with Gasteiger partial charge in [0, 0.05) is 17.1 Å². The average molecular weight is 364 g/mol. The fraction of sp³-hybridized carbons (Fsp3) is 0.250. The van der Waals surface area contributed by atoms with Crippen molar-refractivity contribution in [3.05, 3.63) is 64.2 Å². The second-order valence-electron chi connectivity index (χ2n) is 5.04. The summed E-state index contributed by atoms with van der Waals surface area (Å²) in [4.78, 5) is 0. The van der Waals surface area contributed by atoms with Crippen molar-refractivity contribution in [1.82, 2.24) is 5.32 Å². The van der Waals surface area contributed by atoms with Crippen LogP contribution in [0.25, 0.3) is 0 Å². The van der Waals surface area contributed by atoms with Gasteiger partial charge in [0.25, 0.3) is 0 Å². The summed E-state index contributed by atoms with van der Waals surface area (Å²) in [5, 5.41) is 3.80. The minimum Gasteiger partial charge on any atom is -0.492 e. The van der Waals surface area contributed by atoms with E-state index in [2.05, 4.69) is 5.32 Å². The molecular formula is C16H14Cl2F3NO. The molecule has 0 aliphatic carbocycles. The van der Waals surface area contributed by atoms with Crippen LogP contribution < -0.4 is 10.1 Å². The van der Waals surface area contributed by atoms with E-state index in [1.807, 2.05) is 0 Å². The topological polar surface area (TPSA) is 21.3 Å². The lowest BCUT2D eigenvalue weighted by molar-refractivity contribution is -0.137. The van der Waals surface area contributed by atoms with E-state index in [1.165, 1.54) is 6.07 Å². The highest BCUT2D eigenvalue weighted by molar-refractivity contribution is 6.30. The first kappa shape index (κ1) is 17.9. The van der Waals surface area contributed by atoms with Crippen LogP contribution in [-0.4, -0.2) is 13.2 Å². The number of rotatable bonds is 1. The zero-order chi connectivity index (χ0) is 15.7. The Labute approximate surface area is 143 Å². The summed E-state index contributed by atoms with van der Waals surface area (Å²) in [5.41, 5.74) is 0.641. The predicted octanol–water partition coefficient (Wildman–Crippen LogP) is 4.85. The Morgan fingerprint density at radius 2 is 1.78 bits per heavy atom. The maximum Gasteiger partial charge on any atom is 0.416 e. The number of nitrogens with one attached hydrogen (secondary N) is 1. The number of benzene rings is 2. The van der Waals surface area contributed by atoms with E-state index in [-0.39, 0.29) is 18.4 Å². The summed E-state index contributed by atoms with van der Waals surface area (Å²) in [5.74, 6) is 0.470. The van der Waals surface area contributed by atoms with E-state index in [0.717, 1.165) is 17.7 Å². The lowest BCUT2D eigenvalue weighted by atomic mass is 9.96. The maximum atomic E-state index is 13.0. The van der Waals surface area contributed by atoms with Gasteiger partial charge in [-0.3, -0.25) is 0 Å². The highest BCUT2D eigenvalue weighted by Gasteiger charge is 2.32. The minimum absolute atomic E-state index is 0. The van der Waals surface area contributed by atoms with Gasteiger partial charge in [-0.2, -0.15) is 13.2 Å². The molecule has 2 nitrogen and oxygen atoms in total. The van der Waals surface area contributed by atoms with Crippen molar-refractivity contribution in [3.8, 4) is 5.75 Å². The lowest BCUT2D eigenvalue weighted by Gasteiger charge is -2.19. The first-order valence-electron chi connectivity index (χ1n) is 6.78. The van der Waals surface area contributed by atoms with Crippen molar-refractivity contribution in [1.29, 1.82) is 0 Å². The lowest BCUT2D eigenvalue weighted by Crippen LogP contribution is -2.24. The van der Waals surface area contributed by atoms with E-state index < -0.39 is 11.7 Å². The van der Waals surface area contributed by atoms with E-state index in [1.54, 1.807) is 24.3 Å². The number of alkyl halides is 3. The van der Waals surface area contributed by atoms with Crippen LogP contribution in [0.3, 0.4) is 0 Å². The molecule has 3 rings (SSSR count). The highest BCUT2D eigenvalue weighted by atomic mass is 35.5. The summed E-state index contributed by atoms with van der Waals surface area (Å²) in [7, 11) is 0. The van der Waals surface area contributed by atoms with Crippen molar-refractivity contribution in [2.75, 3.05) is 13.2 Å². The van der Waals surface area contributed by atoms with Crippen molar-refractivity contribution in [2.24, 2.45) is 0 Å². The van der Waals surface area contributed by atoms with Gasteiger partial charge in [-0.15, -0.1) is 12.4 Å². The van der Waals surface area contributed by atoms with Gasteiger partial charge in [0.1, 0.15) is 12.4 Å². The van der Waals surface area contributed by atoms with Gasteiger partial charge < -0.3 is 10.1 Å². The molecule has 1 heterocycles. The molecule has 124 valence electrons. The third-order valence-electron chi connectivity index (χ3n) is 3.56. The van der Waals surface area contributed by atoms with Crippen molar-refractivity contribution in [2.45, 2.75) is 12.2 Å². The molecule has 0 bridgehead atoms. The molecule has 0 amide bonds. The average Bonchev–Trinajstić information content (AvgIpc) is 2.69. The Morgan fingerprint density at radius 1 is 1.09 bits per heavy atom. The molecule has 0 aromatic heterocycles. The molecule has 23 heavy (non-hydrogen) atoms. The van der Waals surface area contributed by atoms with Gasteiger partial charge in [-0.05, 0) is 35.9 Å². The standard InChI is InChI=1S/C16H13ClF3NO.ClH/c17-12-4-1-10(2-5-12)15-13-9-11(16(18,19)20)3-6-14(13)22-8-7-21-15;/h1-6,9,15,21H,7-8H2;1H. The Kier molecular flexibility index (Phi) is 5.45. The fourth-order valence-electron chi connectivity index (χ4n) is 2.51. The Hall–Kier alpha value is -1.43. The molecule has 1 aliphatic rings. The largest absolute Gasteiger partial charge is 0.492 e. The fourth-order valence-corrected chi connectivity index (χ4v) is 2.63. The maximum absolute atomic E-state index is 13.0. The molecule has 0 saturated heterocycles. The van der Waals surface area contributed by atoms with Crippen molar-refractivity contribution >= 4 is 24.0 Å². The van der Waals surface area contributed by atoms with Gasteiger partial charge in [0.2, 0.25) is 0 Å². The van der Waals surface area contributed by atoms with Crippen LogP contribution in [0.1, 0.15) is 22.7 Å². The molecule has 1 unspecified atom stereocenters. The molecule has 2 aromatic carbocycles. The summed E-state index contributed by atoms with van der Waals surface area (Å²) < 4.78 is 44.4. The zero-order valence-corrected chi connectivity index (χ0v) is 13.4. The predicted molar refractivity (Wildman–Crippen MR) is 85.5 cm³/mol. The van der Waals surface area contributed by atoms with E-state index in [4.69, 9.17) is 16.3 Å². The zero-order valence-electron chi connectivity index (χ0n) is 11.9. The van der Waals surface area contributed by atoms with Crippen LogP contribution in [0.5, 0.6) is 5.75 Å². The molecule has 2 aromatic rings. The summed E-state index contributed by atoms with van der Waals surface area (Å²) >= 11 is 5.87. The molecule has 1 atom stereocenters. The quantitative estimate of drug-likeness (QED) is 0.781. The third-order valence-corrected chi connectivity index (χ3v) is 3.81. The number of fused-ring (bicyclic) bond motifs is 1. The second-order valence-corrected chi connectivity index (χ2v) is 5.47. The first-order valence-corrected chi connectivity index (χ1v) is 7.16. The minimum atomic E-state index is -4.38. The van der Waals surface area contributed by atoms with Crippen LogP contribution in [0.2, 0.25) is 5.02 Å². The van der Waals surface area contributed by atoms with Gasteiger partial charge in [0.05, 0.1) is 11.6 Å². The van der Waals surface area contributed by atoms with E-state index in [0.29, 0.717) is 29.5 Å². The summed E-state index contributed by atoms with van der Waals surface area (Å²) in [6.07, 6.45) is -4.38. The van der Waals surface area contributed by atoms with Gasteiger partial charge in [-0.1, -0.05) is 23.7 Å². The van der Waals surface area contributed by atoms with Crippen LogP contribution in [0.15, 0.2) is 42.5 Å².